The summed E-state index contributed by atoms with van der Waals surface area (Å²) in [6.07, 6.45) is 6.22. The molecule has 2 rings (SSSR count). The van der Waals surface area contributed by atoms with Crippen LogP contribution in [0.1, 0.15) is 45.2 Å². The van der Waals surface area contributed by atoms with Crippen molar-refractivity contribution in [2.75, 3.05) is 13.1 Å². The van der Waals surface area contributed by atoms with Gasteiger partial charge in [-0.1, -0.05) is 13.8 Å². The Hall–Kier alpha value is -0.930. The van der Waals surface area contributed by atoms with Crippen LogP contribution in [0.25, 0.3) is 0 Å². The summed E-state index contributed by atoms with van der Waals surface area (Å²) in [7, 11) is 0. The van der Waals surface area contributed by atoms with Gasteiger partial charge in [0.2, 0.25) is 0 Å². The molecule has 1 fully saturated rings. The van der Waals surface area contributed by atoms with Crippen molar-refractivity contribution >= 4 is 0 Å². The lowest BCUT2D eigenvalue weighted by Gasteiger charge is -2.42. The normalized spacial score (nSPS) is 23.6. The Kier molecular flexibility index (Phi) is 4.03. The number of hydrogen-bond donors (Lipinski definition) is 1. The molecule has 1 aromatic rings. The molecule has 100 valence electrons. The average molecular weight is 247 g/mol. The number of nitrogens with two attached hydrogens (primary N) is 1. The molecule has 1 aliphatic rings. The second-order valence-corrected chi connectivity index (χ2v) is 6.28. The molecule has 3 heteroatoms. The van der Waals surface area contributed by atoms with E-state index in [1.54, 1.807) is 0 Å². The van der Waals surface area contributed by atoms with Crippen molar-refractivity contribution in [2.24, 2.45) is 11.1 Å². The first kappa shape index (κ1) is 13.5. The molecular formula is C15H25N3. The maximum atomic E-state index is 6.21. The summed E-state index contributed by atoms with van der Waals surface area (Å²) in [5.41, 5.74) is 7.98. The highest BCUT2D eigenvalue weighted by Crippen LogP contribution is 2.34. The van der Waals surface area contributed by atoms with Gasteiger partial charge in [0.1, 0.15) is 0 Å². The van der Waals surface area contributed by atoms with E-state index in [4.69, 9.17) is 5.73 Å². The topological polar surface area (TPSA) is 42.1 Å². The fourth-order valence-electron chi connectivity index (χ4n) is 2.82. The number of hydrogen-bond acceptors (Lipinski definition) is 3. The lowest BCUT2D eigenvalue weighted by atomic mass is 9.81. The van der Waals surface area contributed by atoms with Crippen molar-refractivity contribution in [3.8, 4) is 0 Å². The molecule has 2 unspecified atom stereocenters. The lowest BCUT2D eigenvalue weighted by Crippen LogP contribution is -2.45. The van der Waals surface area contributed by atoms with Crippen LogP contribution in [-0.4, -0.2) is 29.0 Å². The molecule has 0 radical (unpaired) electrons. The summed E-state index contributed by atoms with van der Waals surface area (Å²) >= 11 is 0. The van der Waals surface area contributed by atoms with Gasteiger partial charge in [-0.15, -0.1) is 0 Å². The van der Waals surface area contributed by atoms with Gasteiger partial charge in [-0.3, -0.25) is 9.88 Å². The zero-order valence-corrected chi connectivity index (χ0v) is 11.8. The van der Waals surface area contributed by atoms with Gasteiger partial charge in [0, 0.05) is 24.5 Å². The minimum atomic E-state index is 0.147. The van der Waals surface area contributed by atoms with Crippen LogP contribution in [0.2, 0.25) is 0 Å². The van der Waals surface area contributed by atoms with Gasteiger partial charge in [0.25, 0.3) is 0 Å². The maximum Gasteiger partial charge on any atom is 0.0497 e. The van der Waals surface area contributed by atoms with E-state index in [0.717, 1.165) is 13.1 Å². The molecule has 0 aromatic carbocycles. The number of nitrogens with zero attached hydrogens (tertiary/aromatic N) is 2. The molecule has 18 heavy (non-hydrogen) atoms. The van der Waals surface area contributed by atoms with Gasteiger partial charge in [0.15, 0.2) is 0 Å². The molecule has 0 saturated carbocycles. The first-order chi connectivity index (χ1) is 8.49. The summed E-state index contributed by atoms with van der Waals surface area (Å²) < 4.78 is 0. The lowest BCUT2D eigenvalue weighted by molar-refractivity contribution is 0.0841. The highest BCUT2D eigenvalue weighted by molar-refractivity contribution is 5.17. The molecule has 0 amide bonds. The molecule has 1 aromatic heterocycles. The van der Waals surface area contributed by atoms with E-state index in [0.29, 0.717) is 11.5 Å². The van der Waals surface area contributed by atoms with Gasteiger partial charge >= 0.3 is 0 Å². The van der Waals surface area contributed by atoms with E-state index in [1.165, 1.54) is 18.4 Å². The molecule has 3 nitrogen and oxygen atoms in total. The fourth-order valence-corrected chi connectivity index (χ4v) is 2.82. The first-order valence-corrected chi connectivity index (χ1v) is 6.89. The fraction of sp³-hybridized carbons (Fsp3) is 0.667. The molecule has 2 N–H and O–H groups in total. The Bertz CT molecular complexity index is 363. The Morgan fingerprint density at radius 1 is 1.22 bits per heavy atom. The second-order valence-electron chi connectivity index (χ2n) is 6.28. The van der Waals surface area contributed by atoms with Gasteiger partial charge in [-0.25, -0.2) is 0 Å². The van der Waals surface area contributed by atoms with Crippen molar-refractivity contribution in [1.82, 2.24) is 9.88 Å². The third-order valence-electron chi connectivity index (χ3n) is 4.09. The van der Waals surface area contributed by atoms with E-state index in [9.17, 15) is 0 Å². The summed E-state index contributed by atoms with van der Waals surface area (Å²) in [4.78, 5) is 6.63. The van der Waals surface area contributed by atoms with E-state index >= 15 is 0 Å². The van der Waals surface area contributed by atoms with Crippen LogP contribution < -0.4 is 5.73 Å². The van der Waals surface area contributed by atoms with Crippen molar-refractivity contribution in [3.05, 3.63) is 30.1 Å². The minimum Gasteiger partial charge on any atom is -0.326 e. The Morgan fingerprint density at radius 3 is 2.28 bits per heavy atom. The van der Waals surface area contributed by atoms with Gasteiger partial charge in [-0.2, -0.15) is 0 Å². The van der Waals surface area contributed by atoms with Crippen LogP contribution in [0, 0.1) is 5.41 Å². The minimum absolute atomic E-state index is 0.147. The van der Waals surface area contributed by atoms with Crippen molar-refractivity contribution in [3.63, 3.8) is 0 Å². The zero-order chi connectivity index (χ0) is 13.2. The Balaban J connectivity index is 2.13. The quantitative estimate of drug-likeness (QED) is 0.892. The first-order valence-electron chi connectivity index (χ1n) is 6.89. The molecular weight excluding hydrogens is 222 g/mol. The molecule has 2 heterocycles. The van der Waals surface area contributed by atoms with Crippen molar-refractivity contribution < 1.29 is 0 Å². The Labute approximate surface area is 110 Å². The van der Waals surface area contributed by atoms with E-state index in [1.807, 2.05) is 12.4 Å². The number of piperidine rings is 1. The van der Waals surface area contributed by atoms with Crippen LogP contribution in [-0.2, 0) is 0 Å². The second kappa shape index (κ2) is 5.37. The van der Waals surface area contributed by atoms with E-state index in [2.05, 4.69) is 42.8 Å². The molecule has 1 aliphatic heterocycles. The maximum absolute atomic E-state index is 6.21. The predicted molar refractivity (Wildman–Crippen MR) is 75.2 cm³/mol. The standard InChI is InChI=1S/C15H25N3/c1-12(16)14(13-4-8-17-9-5-13)18-10-6-15(2,3)7-11-18/h4-5,8-9,12,14H,6-7,10-11,16H2,1-3H3. The van der Waals surface area contributed by atoms with Gasteiger partial charge < -0.3 is 5.73 Å². The van der Waals surface area contributed by atoms with Crippen LogP contribution >= 0.6 is 0 Å². The van der Waals surface area contributed by atoms with Crippen molar-refractivity contribution in [1.29, 1.82) is 0 Å². The SMILES string of the molecule is CC(N)C(c1ccncc1)N1CCC(C)(C)CC1. The third-order valence-corrected chi connectivity index (χ3v) is 4.09. The Morgan fingerprint density at radius 2 is 1.78 bits per heavy atom. The zero-order valence-electron chi connectivity index (χ0n) is 11.8. The van der Waals surface area contributed by atoms with Crippen LogP contribution in [0.5, 0.6) is 0 Å². The molecule has 0 bridgehead atoms. The number of likely N-dealkylation sites (tertiary alicyclic amines) is 1. The van der Waals surface area contributed by atoms with Crippen molar-refractivity contribution in [2.45, 2.75) is 45.7 Å². The molecule has 0 aliphatic carbocycles. The van der Waals surface area contributed by atoms with E-state index < -0.39 is 0 Å². The summed E-state index contributed by atoms with van der Waals surface area (Å²) in [6.45, 7) is 9.10. The summed E-state index contributed by atoms with van der Waals surface area (Å²) in [5.74, 6) is 0. The molecule has 2 atom stereocenters. The summed E-state index contributed by atoms with van der Waals surface area (Å²) in [6, 6.07) is 4.65. The highest BCUT2D eigenvalue weighted by atomic mass is 15.2. The highest BCUT2D eigenvalue weighted by Gasteiger charge is 2.31. The number of rotatable bonds is 3. The van der Waals surface area contributed by atoms with Crippen LogP contribution in [0.3, 0.4) is 0 Å². The monoisotopic (exact) mass is 247 g/mol. The number of aromatic nitrogens is 1. The third kappa shape index (κ3) is 3.09. The van der Waals surface area contributed by atoms with E-state index in [-0.39, 0.29) is 6.04 Å². The van der Waals surface area contributed by atoms with Gasteiger partial charge in [-0.05, 0) is 56.0 Å². The summed E-state index contributed by atoms with van der Waals surface area (Å²) in [5, 5.41) is 0. The smallest absolute Gasteiger partial charge is 0.0497 e. The predicted octanol–water partition coefficient (Wildman–Crippen LogP) is 2.59. The van der Waals surface area contributed by atoms with Crippen LogP contribution in [0.15, 0.2) is 24.5 Å². The van der Waals surface area contributed by atoms with Crippen LogP contribution in [0.4, 0.5) is 0 Å². The number of pyridine rings is 1. The van der Waals surface area contributed by atoms with Gasteiger partial charge in [0.05, 0.1) is 0 Å². The average Bonchev–Trinajstić information content (AvgIpc) is 2.33. The molecule has 1 saturated heterocycles. The molecule has 0 spiro atoms. The largest absolute Gasteiger partial charge is 0.326 e.